The molecule has 1 atom stereocenters. The molecule has 1 aromatic carbocycles. The van der Waals surface area contributed by atoms with Crippen LogP contribution >= 0.6 is 0 Å². The van der Waals surface area contributed by atoms with E-state index in [0.29, 0.717) is 12.0 Å². The highest BCUT2D eigenvalue weighted by molar-refractivity contribution is 6.05. The van der Waals surface area contributed by atoms with Gasteiger partial charge in [0.05, 0.1) is 11.1 Å². The van der Waals surface area contributed by atoms with E-state index < -0.39 is 0 Å². The Kier molecular flexibility index (Phi) is 3.99. The number of H-pyrrole nitrogens is 1. The lowest BCUT2D eigenvalue weighted by Crippen LogP contribution is -2.35. The number of fused-ring (bicyclic) bond motifs is 1. The van der Waals surface area contributed by atoms with Crippen LogP contribution in [-0.4, -0.2) is 28.6 Å². The number of carbonyl (C=O) groups excluding carboxylic acids is 1. The zero-order valence-corrected chi connectivity index (χ0v) is 10.4. The van der Waals surface area contributed by atoms with Gasteiger partial charge in [-0.15, -0.1) is 0 Å². The van der Waals surface area contributed by atoms with Crippen LogP contribution in [0.2, 0.25) is 0 Å². The molecule has 0 aliphatic rings. The SMILES string of the molecule is CCC(CCO)NC(=O)c1cccc2cc[nH]c12. The van der Waals surface area contributed by atoms with E-state index in [9.17, 15) is 4.79 Å². The van der Waals surface area contributed by atoms with Crippen molar-refractivity contribution in [2.45, 2.75) is 25.8 Å². The Balaban J connectivity index is 2.20. The lowest BCUT2D eigenvalue weighted by atomic mass is 10.1. The molecular formula is C14H18N2O2. The number of hydrogen-bond acceptors (Lipinski definition) is 2. The van der Waals surface area contributed by atoms with Gasteiger partial charge in [-0.05, 0) is 25.0 Å². The van der Waals surface area contributed by atoms with Crippen LogP contribution in [0, 0.1) is 0 Å². The summed E-state index contributed by atoms with van der Waals surface area (Å²) in [6.07, 6.45) is 3.22. The molecule has 1 unspecified atom stereocenters. The van der Waals surface area contributed by atoms with Gasteiger partial charge in [0.2, 0.25) is 0 Å². The molecule has 0 radical (unpaired) electrons. The minimum atomic E-state index is -0.0941. The first kappa shape index (κ1) is 12.6. The third-order valence-electron chi connectivity index (χ3n) is 3.14. The molecule has 1 heterocycles. The molecule has 4 nitrogen and oxygen atoms in total. The predicted molar refractivity (Wildman–Crippen MR) is 71.5 cm³/mol. The van der Waals surface area contributed by atoms with Gasteiger partial charge < -0.3 is 15.4 Å². The molecule has 2 rings (SSSR count). The van der Waals surface area contributed by atoms with Gasteiger partial charge in [0.25, 0.3) is 5.91 Å². The number of carbonyl (C=O) groups is 1. The number of rotatable bonds is 5. The third kappa shape index (κ3) is 2.54. The van der Waals surface area contributed by atoms with Gasteiger partial charge in [-0.1, -0.05) is 19.1 Å². The summed E-state index contributed by atoms with van der Waals surface area (Å²) in [4.78, 5) is 15.3. The summed E-state index contributed by atoms with van der Waals surface area (Å²) in [5.74, 6) is -0.0941. The summed E-state index contributed by atoms with van der Waals surface area (Å²) in [6, 6.07) is 7.61. The maximum atomic E-state index is 12.2. The Morgan fingerprint density at radius 3 is 3.00 bits per heavy atom. The molecule has 2 aromatic rings. The number of amides is 1. The zero-order valence-electron chi connectivity index (χ0n) is 10.4. The molecule has 0 aliphatic carbocycles. The van der Waals surface area contributed by atoms with E-state index >= 15 is 0 Å². The average molecular weight is 246 g/mol. The lowest BCUT2D eigenvalue weighted by Gasteiger charge is -2.16. The normalized spacial score (nSPS) is 12.6. The van der Waals surface area contributed by atoms with Crippen molar-refractivity contribution in [3.05, 3.63) is 36.0 Å². The monoisotopic (exact) mass is 246 g/mol. The van der Waals surface area contributed by atoms with Crippen molar-refractivity contribution in [3.63, 3.8) is 0 Å². The van der Waals surface area contributed by atoms with Crippen molar-refractivity contribution in [2.75, 3.05) is 6.61 Å². The molecule has 0 spiro atoms. The van der Waals surface area contributed by atoms with Gasteiger partial charge in [-0.3, -0.25) is 4.79 Å². The summed E-state index contributed by atoms with van der Waals surface area (Å²) in [5, 5.41) is 12.9. The van der Waals surface area contributed by atoms with Crippen LogP contribution in [0.15, 0.2) is 30.5 Å². The standard InChI is InChI=1S/C14H18N2O2/c1-2-11(7-9-17)16-14(18)12-5-3-4-10-6-8-15-13(10)12/h3-6,8,11,15,17H,2,7,9H2,1H3,(H,16,18). The summed E-state index contributed by atoms with van der Waals surface area (Å²) >= 11 is 0. The molecule has 18 heavy (non-hydrogen) atoms. The summed E-state index contributed by atoms with van der Waals surface area (Å²) in [6.45, 7) is 2.08. The molecule has 1 aromatic heterocycles. The van der Waals surface area contributed by atoms with Crippen LogP contribution in [-0.2, 0) is 0 Å². The number of aliphatic hydroxyl groups is 1. The van der Waals surface area contributed by atoms with Gasteiger partial charge in [0, 0.05) is 24.2 Å². The van der Waals surface area contributed by atoms with Crippen LogP contribution in [0.25, 0.3) is 10.9 Å². The fourth-order valence-electron chi connectivity index (χ4n) is 2.07. The molecule has 0 bridgehead atoms. The number of nitrogens with one attached hydrogen (secondary N) is 2. The van der Waals surface area contributed by atoms with Crippen molar-refractivity contribution in [2.24, 2.45) is 0 Å². The van der Waals surface area contributed by atoms with E-state index in [1.54, 1.807) is 6.07 Å². The number of para-hydroxylation sites is 1. The number of hydrogen-bond donors (Lipinski definition) is 3. The van der Waals surface area contributed by atoms with Crippen LogP contribution < -0.4 is 5.32 Å². The van der Waals surface area contributed by atoms with E-state index in [-0.39, 0.29) is 18.6 Å². The van der Waals surface area contributed by atoms with Crippen molar-refractivity contribution in [1.29, 1.82) is 0 Å². The molecule has 0 aliphatic heterocycles. The number of benzene rings is 1. The molecule has 3 N–H and O–H groups in total. The van der Waals surface area contributed by atoms with E-state index in [0.717, 1.165) is 17.3 Å². The maximum Gasteiger partial charge on any atom is 0.253 e. The zero-order chi connectivity index (χ0) is 13.0. The van der Waals surface area contributed by atoms with E-state index in [2.05, 4.69) is 10.3 Å². The van der Waals surface area contributed by atoms with Gasteiger partial charge in [-0.2, -0.15) is 0 Å². The fraction of sp³-hybridized carbons (Fsp3) is 0.357. The second-order valence-corrected chi connectivity index (χ2v) is 4.34. The fourth-order valence-corrected chi connectivity index (χ4v) is 2.07. The Labute approximate surface area is 106 Å². The molecule has 4 heteroatoms. The van der Waals surface area contributed by atoms with Crippen LogP contribution in [0.1, 0.15) is 30.1 Å². The first-order valence-corrected chi connectivity index (χ1v) is 6.24. The molecule has 96 valence electrons. The summed E-state index contributed by atoms with van der Waals surface area (Å²) in [7, 11) is 0. The molecule has 0 saturated heterocycles. The highest BCUT2D eigenvalue weighted by Crippen LogP contribution is 2.17. The maximum absolute atomic E-state index is 12.2. The van der Waals surface area contributed by atoms with Gasteiger partial charge >= 0.3 is 0 Å². The highest BCUT2D eigenvalue weighted by atomic mass is 16.3. The Bertz CT molecular complexity index is 533. The lowest BCUT2D eigenvalue weighted by molar-refractivity contribution is 0.0930. The van der Waals surface area contributed by atoms with E-state index in [4.69, 9.17) is 5.11 Å². The molecule has 0 fully saturated rings. The van der Waals surface area contributed by atoms with Crippen LogP contribution in [0.4, 0.5) is 0 Å². The van der Waals surface area contributed by atoms with Crippen molar-refractivity contribution in [1.82, 2.24) is 10.3 Å². The summed E-state index contributed by atoms with van der Waals surface area (Å²) < 4.78 is 0. The van der Waals surface area contributed by atoms with Crippen LogP contribution in [0.5, 0.6) is 0 Å². The number of aliphatic hydroxyl groups excluding tert-OH is 1. The quantitative estimate of drug-likeness (QED) is 0.756. The predicted octanol–water partition coefficient (Wildman–Crippen LogP) is 2.06. The largest absolute Gasteiger partial charge is 0.396 e. The average Bonchev–Trinajstić information content (AvgIpc) is 2.85. The minimum Gasteiger partial charge on any atom is -0.396 e. The molecular weight excluding hydrogens is 228 g/mol. The first-order valence-electron chi connectivity index (χ1n) is 6.24. The van der Waals surface area contributed by atoms with Gasteiger partial charge in [0.1, 0.15) is 0 Å². The van der Waals surface area contributed by atoms with Crippen molar-refractivity contribution in [3.8, 4) is 0 Å². The third-order valence-corrected chi connectivity index (χ3v) is 3.14. The Morgan fingerprint density at radius 1 is 1.44 bits per heavy atom. The molecule has 1 amide bonds. The number of aromatic nitrogens is 1. The van der Waals surface area contributed by atoms with E-state index in [1.165, 1.54) is 0 Å². The van der Waals surface area contributed by atoms with Gasteiger partial charge in [0.15, 0.2) is 0 Å². The van der Waals surface area contributed by atoms with Crippen molar-refractivity contribution < 1.29 is 9.90 Å². The highest BCUT2D eigenvalue weighted by Gasteiger charge is 2.14. The Hall–Kier alpha value is -1.81. The topological polar surface area (TPSA) is 65.1 Å². The van der Waals surface area contributed by atoms with E-state index in [1.807, 2.05) is 31.3 Å². The minimum absolute atomic E-state index is 0.0210. The van der Waals surface area contributed by atoms with Crippen LogP contribution in [0.3, 0.4) is 0 Å². The summed E-state index contributed by atoms with van der Waals surface area (Å²) in [5.41, 5.74) is 1.50. The number of aromatic amines is 1. The smallest absolute Gasteiger partial charge is 0.253 e. The Morgan fingerprint density at radius 2 is 2.28 bits per heavy atom. The second kappa shape index (κ2) is 5.69. The second-order valence-electron chi connectivity index (χ2n) is 4.34. The molecule has 0 saturated carbocycles. The van der Waals surface area contributed by atoms with Gasteiger partial charge in [-0.25, -0.2) is 0 Å². The first-order chi connectivity index (χ1) is 8.76. The van der Waals surface area contributed by atoms with Crippen molar-refractivity contribution >= 4 is 16.8 Å².